The SMILES string of the molecule is CCCCC/C(C)=N/Oc1ccc(C#N)cc1. The molecule has 0 N–H and O–H groups in total. The average Bonchev–Trinajstić information content (AvgIpc) is 2.37. The van der Waals surface area contributed by atoms with Gasteiger partial charge in [-0.15, -0.1) is 0 Å². The fourth-order valence-electron chi connectivity index (χ4n) is 1.40. The summed E-state index contributed by atoms with van der Waals surface area (Å²) in [5.41, 5.74) is 1.63. The molecule has 0 aliphatic carbocycles. The second kappa shape index (κ2) is 7.45. The normalized spacial score (nSPS) is 11.0. The standard InChI is InChI=1S/C14H18N2O/c1-3-4-5-6-12(2)16-17-14-9-7-13(11-15)8-10-14/h7-10H,3-6H2,1-2H3/b16-12+. The molecule has 0 aromatic heterocycles. The van der Waals surface area contributed by atoms with Crippen molar-refractivity contribution >= 4 is 5.71 Å². The van der Waals surface area contributed by atoms with Crippen LogP contribution in [-0.2, 0) is 0 Å². The fourth-order valence-corrected chi connectivity index (χ4v) is 1.40. The van der Waals surface area contributed by atoms with Crippen molar-refractivity contribution in [3.63, 3.8) is 0 Å². The van der Waals surface area contributed by atoms with E-state index in [0.717, 1.165) is 18.6 Å². The Morgan fingerprint density at radius 3 is 2.59 bits per heavy atom. The lowest BCUT2D eigenvalue weighted by molar-refractivity contribution is 0.339. The van der Waals surface area contributed by atoms with Crippen LogP contribution in [0.15, 0.2) is 29.4 Å². The summed E-state index contributed by atoms with van der Waals surface area (Å²) < 4.78 is 0. The molecule has 90 valence electrons. The van der Waals surface area contributed by atoms with Crippen molar-refractivity contribution in [2.75, 3.05) is 0 Å². The summed E-state index contributed by atoms with van der Waals surface area (Å²) in [6.45, 7) is 4.15. The summed E-state index contributed by atoms with van der Waals surface area (Å²) in [4.78, 5) is 5.28. The summed E-state index contributed by atoms with van der Waals surface area (Å²) in [6.07, 6.45) is 4.57. The summed E-state index contributed by atoms with van der Waals surface area (Å²) in [7, 11) is 0. The zero-order chi connectivity index (χ0) is 12.5. The van der Waals surface area contributed by atoms with E-state index in [2.05, 4.69) is 18.1 Å². The molecule has 0 fully saturated rings. The van der Waals surface area contributed by atoms with E-state index in [1.54, 1.807) is 24.3 Å². The monoisotopic (exact) mass is 230 g/mol. The van der Waals surface area contributed by atoms with Gasteiger partial charge in [-0.3, -0.25) is 0 Å². The summed E-state index contributed by atoms with van der Waals surface area (Å²) in [5.74, 6) is 0.666. The number of oxime groups is 1. The molecule has 0 saturated carbocycles. The van der Waals surface area contributed by atoms with Gasteiger partial charge < -0.3 is 4.84 Å². The highest BCUT2D eigenvalue weighted by Crippen LogP contribution is 2.12. The van der Waals surface area contributed by atoms with Gasteiger partial charge in [0.2, 0.25) is 0 Å². The molecule has 1 aromatic carbocycles. The van der Waals surface area contributed by atoms with E-state index in [1.807, 2.05) is 6.92 Å². The topological polar surface area (TPSA) is 45.4 Å². The van der Waals surface area contributed by atoms with Crippen LogP contribution in [0.3, 0.4) is 0 Å². The van der Waals surface area contributed by atoms with Crippen LogP contribution in [0, 0.1) is 11.3 Å². The average molecular weight is 230 g/mol. The lowest BCUT2D eigenvalue weighted by Crippen LogP contribution is -1.95. The number of unbranched alkanes of at least 4 members (excludes halogenated alkanes) is 2. The van der Waals surface area contributed by atoms with Crippen LogP contribution in [0.25, 0.3) is 0 Å². The first-order chi connectivity index (χ1) is 8.26. The molecule has 0 atom stereocenters. The molecular formula is C14H18N2O. The minimum absolute atomic E-state index is 0.626. The molecule has 0 amide bonds. The smallest absolute Gasteiger partial charge is 0.158 e. The highest BCUT2D eigenvalue weighted by molar-refractivity contribution is 5.81. The first-order valence-corrected chi connectivity index (χ1v) is 5.97. The van der Waals surface area contributed by atoms with E-state index in [9.17, 15) is 0 Å². The van der Waals surface area contributed by atoms with Gasteiger partial charge in [-0.1, -0.05) is 24.9 Å². The maximum atomic E-state index is 8.65. The van der Waals surface area contributed by atoms with E-state index < -0.39 is 0 Å². The number of rotatable bonds is 6. The third-order valence-electron chi connectivity index (χ3n) is 2.43. The minimum atomic E-state index is 0.626. The molecule has 17 heavy (non-hydrogen) atoms. The van der Waals surface area contributed by atoms with Gasteiger partial charge in [0.15, 0.2) is 5.75 Å². The van der Waals surface area contributed by atoms with Crippen LogP contribution >= 0.6 is 0 Å². The van der Waals surface area contributed by atoms with Gasteiger partial charge in [0.25, 0.3) is 0 Å². The van der Waals surface area contributed by atoms with Crippen LogP contribution in [0.5, 0.6) is 5.75 Å². The van der Waals surface area contributed by atoms with Gasteiger partial charge in [-0.2, -0.15) is 5.26 Å². The predicted octanol–water partition coefficient (Wildman–Crippen LogP) is 3.89. The second-order valence-electron chi connectivity index (χ2n) is 4.01. The van der Waals surface area contributed by atoms with Gasteiger partial charge in [0.05, 0.1) is 17.3 Å². The van der Waals surface area contributed by atoms with Gasteiger partial charge in [-0.05, 0) is 44.0 Å². The maximum absolute atomic E-state index is 8.65. The van der Waals surface area contributed by atoms with Gasteiger partial charge in [0.1, 0.15) is 0 Å². The summed E-state index contributed by atoms with van der Waals surface area (Å²) in [5, 5.41) is 12.7. The quantitative estimate of drug-likeness (QED) is 0.422. The number of nitriles is 1. The molecule has 0 aliphatic rings. The number of nitrogens with zero attached hydrogens (tertiary/aromatic N) is 2. The molecule has 3 heteroatoms. The van der Waals surface area contributed by atoms with Crippen molar-refractivity contribution in [2.24, 2.45) is 5.16 Å². The molecule has 1 aromatic rings. The molecule has 0 heterocycles. The third kappa shape index (κ3) is 5.17. The number of hydrogen-bond donors (Lipinski definition) is 0. The Kier molecular flexibility index (Phi) is 5.81. The molecule has 1 rings (SSSR count). The Labute approximate surface area is 103 Å². The van der Waals surface area contributed by atoms with Crippen molar-refractivity contribution in [1.82, 2.24) is 0 Å². The summed E-state index contributed by atoms with van der Waals surface area (Å²) in [6, 6.07) is 9.00. The van der Waals surface area contributed by atoms with E-state index in [4.69, 9.17) is 10.1 Å². The maximum Gasteiger partial charge on any atom is 0.158 e. The Hall–Kier alpha value is -1.82. The van der Waals surface area contributed by atoms with Gasteiger partial charge in [-0.25, -0.2) is 0 Å². The van der Waals surface area contributed by atoms with Crippen LogP contribution in [-0.4, -0.2) is 5.71 Å². The van der Waals surface area contributed by atoms with Crippen LogP contribution in [0.1, 0.15) is 45.1 Å². The molecule has 0 spiro atoms. The van der Waals surface area contributed by atoms with Crippen molar-refractivity contribution in [3.05, 3.63) is 29.8 Å². The van der Waals surface area contributed by atoms with Gasteiger partial charge >= 0.3 is 0 Å². The van der Waals surface area contributed by atoms with Crippen molar-refractivity contribution in [2.45, 2.75) is 39.5 Å². The largest absolute Gasteiger partial charge is 0.357 e. The van der Waals surface area contributed by atoms with E-state index >= 15 is 0 Å². The van der Waals surface area contributed by atoms with Crippen molar-refractivity contribution in [1.29, 1.82) is 5.26 Å². The van der Waals surface area contributed by atoms with E-state index in [0.29, 0.717) is 11.3 Å². The highest BCUT2D eigenvalue weighted by atomic mass is 16.6. The van der Waals surface area contributed by atoms with Crippen LogP contribution in [0.2, 0.25) is 0 Å². The van der Waals surface area contributed by atoms with Crippen LogP contribution in [0.4, 0.5) is 0 Å². The molecule has 3 nitrogen and oxygen atoms in total. The fraction of sp³-hybridized carbons (Fsp3) is 0.429. The third-order valence-corrected chi connectivity index (χ3v) is 2.43. The molecule has 0 aliphatic heterocycles. The predicted molar refractivity (Wildman–Crippen MR) is 69.0 cm³/mol. The number of benzene rings is 1. The zero-order valence-electron chi connectivity index (χ0n) is 10.4. The first kappa shape index (κ1) is 13.2. The second-order valence-corrected chi connectivity index (χ2v) is 4.01. The van der Waals surface area contributed by atoms with Gasteiger partial charge in [0, 0.05) is 0 Å². The molecule has 0 saturated heterocycles. The van der Waals surface area contributed by atoms with Crippen molar-refractivity contribution in [3.8, 4) is 11.8 Å². The molecule has 0 radical (unpaired) electrons. The number of hydrogen-bond acceptors (Lipinski definition) is 3. The highest BCUT2D eigenvalue weighted by Gasteiger charge is 1.96. The molecular weight excluding hydrogens is 212 g/mol. The summed E-state index contributed by atoms with van der Waals surface area (Å²) >= 11 is 0. The van der Waals surface area contributed by atoms with Crippen molar-refractivity contribution < 1.29 is 4.84 Å². The Morgan fingerprint density at radius 1 is 1.29 bits per heavy atom. The molecule has 0 bridgehead atoms. The lowest BCUT2D eigenvalue weighted by Gasteiger charge is -2.01. The lowest BCUT2D eigenvalue weighted by atomic mass is 10.1. The Morgan fingerprint density at radius 2 is 2.00 bits per heavy atom. The Balaban J connectivity index is 2.43. The first-order valence-electron chi connectivity index (χ1n) is 5.97. The minimum Gasteiger partial charge on any atom is -0.357 e. The van der Waals surface area contributed by atoms with E-state index in [1.165, 1.54) is 12.8 Å². The van der Waals surface area contributed by atoms with Crippen LogP contribution < -0.4 is 4.84 Å². The molecule has 0 unspecified atom stereocenters. The van der Waals surface area contributed by atoms with E-state index in [-0.39, 0.29) is 0 Å². The Bertz CT molecular complexity index is 401. The zero-order valence-corrected chi connectivity index (χ0v) is 10.4.